The Morgan fingerprint density at radius 2 is 0.837 bits per heavy atom. The van der Waals surface area contributed by atoms with E-state index in [9.17, 15) is 0 Å². The van der Waals surface area contributed by atoms with E-state index in [1.807, 2.05) is 103 Å². The number of benzene rings is 6. The number of nitrogens with zero attached hydrogens (tertiary/aromatic N) is 5. The fraction of sp³-hybridized carbons (Fsp3) is 0.0227. The fourth-order valence-corrected chi connectivity index (χ4v) is 6.27. The van der Waals surface area contributed by atoms with E-state index in [1.165, 1.54) is 0 Å². The number of hydrogen-bond donors (Lipinski definition) is 0. The number of para-hydroxylation sites is 1. The molecule has 0 aliphatic heterocycles. The average molecular weight is 628 g/mol. The largest absolute Gasteiger partial charge is 0.237 e. The zero-order valence-corrected chi connectivity index (χ0v) is 26.7. The molecule has 2 heterocycles. The third-order valence-electron chi connectivity index (χ3n) is 8.72. The molecule has 2 aromatic heterocycles. The monoisotopic (exact) mass is 627 g/mol. The van der Waals surface area contributed by atoms with E-state index in [-0.39, 0.29) is 0 Å². The van der Waals surface area contributed by atoms with Gasteiger partial charge in [0.25, 0.3) is 0 Å². The summed E-state index contributed by atoms with van der Waals surface area (Å²) < 4.78 is 0. The van der Waals surface area contributed by atoms with Gasteiger partial charge in [-0.3, -0.25) is 0 Å². The van der Waals surface area contributed by atoms with E-state index in [1.54, 1.807) is 0 Å². The standard InChI is InChI=1S/C44H29N5/c1-29-15-9-10-20-32(29)41-27-39(30-16-5-3-6-17-30)46-43(48-41)35-24-13-23-34-33(35)22-14-25-36(34)44-47-40(31-18-7-4-8-19-31)28-42(49-44)37-21-11-12-26-38(37)45-2/h3-28H,1H3. The lowest BCUT2D eigenvalue weighted by molar-refractivity contribution is 1.18. The summed E-state index contributed by atoms with van der Waals surface area (Å²) >= 11 is 0. The highest BCUT2D eigenvalue weighted by molar-refractivity contribution is 6.03. The molecule has 0 unspecified atom stereocenters. The summed E-state index contributed by atoms with van der Waals surface area (Å²) in [5, 5.41) is 1.98. The van der Waals surface area contributed by atoms with Gasteiger partial charge in [-0.15, -0.1) is 0 Å². The molecule has 0 N–H and O–H groups in total. The van der Waals surface area contributed by atoms with Gasteiger partial charge in [-0.05, 0) is 35.4 Å². The summed E-state index contributed by atoms with van der Waals surface area (Å²) in [5.41, 5.74) is 10.6. The van der Waals surface area contributed by atoms with Crippen LogP contribution in [-0.4, -0.2) is 19.9 Å². The van der Waals surface area contributed by atoms with Crippen LogP contribution < -0.4 is 0 Å². The first kappa shape index (κ1) is 29.6. The third kappa shape index (κ3) is 5.73. The van der Waals surface area contributed by atoms with Crippen LogP contribution >= 0.6 is 0 Å². The smallest absolute Gasteiger partial charge is 0.196 e. The quantitative estimate of drug-likeness (QED) is 0.172. The molecule has 49 heavy (non-hydrogen) atoms. The number of rotatable bonds is 6. The summed E-state index contributed by atoms with van der Waals surface area (Å²) in [7, 11) is 0. The second kappa shape index (κ2) is 12.8. The van der Waals surface area contributed by atoms with E-state index < -0.39 is 0 Å². The first-order chi connectivity index (χ1) is 24.2. The molecule has 5 nitrogen and oxygen atoms in total. The molecule has 8 rings (SSSR count). The molecule has 0 aliphatic rings. The van der Waals surface area contributed by atoms with Crippen molar-refractivity contribution >= 4 is 16.5 Å². The second-order valence-electron chi connectivity index (χ2n) is 11.8. The lowest BCUT2D eigenvalue weighted by Gasteiger charge is -2.14. The van der Waals surface area contributed by atoms with Crippen LogP contribution in [-0.2, 0) is 0 Å². The highest BCUT2D eigenvalue weighted by Gasteiger charge is 2.18. The van der Waals surface area contributed by atoms with E-state index in [0.29, 0.717) is 23.0 Å². The molecule has 0 spiro atoms. The first-order valence-electron chi connectivity index (χ1n) is 16.1. The van der Waals surface area contributed by atoms with Crippen molar-refractivity contribution in [2.75, 3.05) is 0 Å². The lowest BCUT2D eigenvalue weighted by Crippen LogP contribution is -1.99. The third-order valence-corrected chi connectivity index (χ3v) is 8.72. The maximum Gasteiger partial charge on any atom is 0.196 e. The summed E-state index contributed by atoms with van der Waals surface area (Å²) in [5.74, 6) is 1.23. The highest BCUT2D eigenvalue weighted by Crippen LogP contribution is 2.37. The van der Waals surface area contributed by atoms with Crippen molar-refractivity contribution in [1.82, 2.24) is 19.9 Å². The van der Waals surface area contributed by atoms with Crippen molar-refractivity contribution in [1.29, 1.82) is 0 Å². The normalized spacial score (nSPS) is 10.9. The Morgan fingerprint density at radius 3 is 1.37 bits per heavy atom. The predicted molar refractivity (Wildman–Crippen MR) is 199 cm³/mol. The minimum Gasteiger partial charge on any atom is -0.237 e. The Hall–Kier alpha value is -6.77. The van der Waals surface area contributed by atoms with E-state index in [0.717, 1.165) is 66.8 Å². The van der Waals surface area contributed by atoms with E-state index in [2.05, 4.69) is 66.4 Å². The Bertz CT molecular complexity index is 2520. The highest BCUT2D eigenvalue weighted by atomic mass is 14.9. The minimum atomic E-state index is 0.547. The molecule has 0 fully saturated rings. The maximum atomic E-state index is 7.80. The molecular formula is C44H29N5. The van der Waals surface area contributed by atoms with Gasteiger partial charge in [-0.25, -0.2) is 24.8 Å². The molecule has 5 heteroatoms. The van der Waals surface area contributed by atoms with Gasteiger partial charge in [0, 0.05) is 33.4 Å². The summed E-state index contributed by atoms with van der Waals surface area (Å²) in [6, 6.07) is 52.7. The molecule has 6 aromatic carbocycles. The molecule has 0 saturated heterocycles. The van der Waals surface area contributed by atoms with Crippen molar-refractivity contribution in [3.8, 4) is 67.8 Å². The zero-order valence-electron chi connectivity index (χ0n) is 26.7. The van der Waals surface area contributed by atoms with Crippen LogP contribution in [0.3, 0.4) is 0 Å². The van der Waals surface area contributed by atoms with Crippen molar-refractivity contribution < 1.29 is 0 Å². The summed E-state index contributed by atoms with van der Waals surface area (Å²) in [6.07, 6.45) is 0. The summed E-state index contributed by atoms with van der Waals surface area (Å²) in [4.78, 5) is 24.3. The van der Waals surface area contributed by atoms with Crippen LogP contribution in [0.15, 0.2) is 158 Å². The predicted octanol–water partition coefficient (Wildman–Crippen LogP) is 11.3. The Labute approximate surface area is 285 Å². The second-order valence-corrected chi connectivity index (χ2v) is 11.8. The van der Waals surface area contributed by atoms with Crippen LogP contribution in [0.5, 0.6) is 0 Å². The molecule has 0 amide bonds. The number of fused-ring (bicyclic) bond motifs is 1. The number of hydrogen-bond acceptors (Lipinski definition) is 4. The molecule has 230 valence electrons. The zero-order chi connectivity index (χ0) is 33.2. The van der Waals surface area contributed by atoms with Gasteiger partial charge in [-0.1, -0.05) is 146 Å². The van der Waals surface area contributed by atoms with Crippen molar-refractivity contribution in [3.63, 3.8) is 0 Å². The SMILES string of the molecule is [C-]#[N+]c1ccccc1-c1cc(-c2ccccc2)nc(-c2cccc3c(-c4nc(-c5ccccc5)cc(-c5ccccc5C)n4)cccc23)n1. The van der Waals surface area contributed by atoms with Crippen LogP contribution in [0.25, 0.3) is 83.4 Å². The minimum absolute atomic E-state index is 0.547. The van der Waals surface area contributed by atoms with E-state index in [4.69, 9.17) is 26.5 Å². The molecule has 0 radical (unpaired) electrons. The molecule has 0 bridgehead atoms. The Morgan fingerprint density at radius 1 is 0.408 bits per heavy atom. The average Bonchev–Trinajstić information content (AvgIpc) is 3.18. The Balaban J connectivity index is 1.34. The van der Waals surface area contributed by atoms with Gasteiger partial charge >= 0.3 is 0 Å². The first-order valence-corrected chi connectivity index (χ1v) is 16.1. The maximum absolute atomic E-state index is 7.80. The number of aromatic nitrogens is 4. The van der Waals surface area contributed by atoms with Gasteiger partial charge < -0.3 is 0 Å². The van der Waals surface area contributed by atoms with Crippen LogP contribution in [0.4, 0.5) is 5.69 Å². The van der Waals surface area contributed by atoms with Crippen LogP contribution in [0.2, 0.25) is 0 Å². The van der Waals surface area contributed by atoms with Gasteiger partial charge in [0.2, 0.25) is 0 Å². The molecule has 8 aromatic rings. The Kier molecular flexibility index (Phi) is 7.73. The molecule has 0 aliphatic carbocycles. The fourth-order valence-electron chi connectivity index (χ4n) is 6.27. The van der Waals surface area contributed by atoms with E-state index >= 15 is 0 Å². The lowest BCUT2D eigenvalue weighted by atomic mass is 9.97. The van der Waals surface area contributed by atoms with Crippen LogP contribution in [0.1, 0.15) is 5.56 Å². The summed E-state index contributed by atoms with van der Waals surface area (Å²) in [6.45, 7) is 9.91. The van der Waals surface area contributed by atoms with Gasteiger partial charge in [-0.2, -0.15) is 0 Å². The van der Waals surface area contributed by atoms with Gasteiger partial charge in [0.15, 0.2) is 17.3 Å². The molecule has 0 atom stereocenters. The van der Waals surface area contributed by atoms with Gasteiger partial charge in [0.1, 0.15) is 0 Å². The van der Waals surface area contributed by atoms with Crippen LogP contribution in [0, 0.1) is 13.5 Å². The van der Waals surface area contributed by atoms with Crippen molar-refractivity contribution in [3.05, 3.63) is 175 Å². The van der Waals surface area contributed by atoms with Crippen molar-refractivity contribution in [2.24, 2.45) is 0 Å². The van der Waals surface area contributed by atoms with Gasteiger partial charge in [0.05, 0.1) is 29.3 Å². The topological polar surface area (TPSA) is 55.9 Å². The number of aryl methyl sites for hydroxylation is 1. The van der Waals surface area contributed by atoms with Crippen molar-refractivity contribution in [2.45, 2.75) is 6.92 Å². The molecule has 0 saturated carbocycles. The molecular weight excluding hydrogens is 599 g/mol.